The molecule has 0 spiro atoms. The molecule has 1 aromatic heterocycles. The zero-order valence-electron chi connectivity index (χ0n) is 9.13. The van der Waals surface area contributed by atoms with E-state index in [1.54, 1.807) is 13.8 Å². The van der Waals surface area contributed by atoms with E-state index in [0.29, 0.717) is 0 Å². The molecule has 0 bridgehead atoms. The Kier molecular flexibility index (Phi) is 2.75. The van der Waals surface area contributed by atoms with E-state index in [-0.39, 0.29) is 0 Å². The number of aliphatic hydroxyl groups is 1. The van der Waals surface area contributed by atoms with E-state index in [4.69, 9.17) is 5.21 Å². The van der Waals surface area contributed by atoms with Crippen LogP contribution in [0.2, 0.25) is 0 Å². The van der Waals surface area contributed by atoms with Crippen molar-refractivity contribution in [2.45, 2.75) is 45.1 Å². The molecule has 0 atom stereocenters. The molecule has 1 aliphatic carbocycles. The van der Waals surface area contributed by atoms with Gasteiger partial charge in [-0.3, -0.25) is 10.7 Å². The normalized spacial score (nSPS) is 16.3. The molecule has 0 saturated heterocycles. The first kappa shape index (κ1) is 10.9. The van der Waals surface area contributed by atoms with Crippen LogP contribution in [0.1, 0.15) is 42.7 Å². The lowest BCUT2D eigenvalue weighted by Gasteiger charge is -2.20. The highest BCUT2D eigenvalue weighted by Gasteiger charge is 2.28. The summed E-state index contributed by atoms with van der Waals surface area (Å²) in [5.74, 6) is 0. The largest absolute Gasteiger partial charge is 0.385 e. The van der Waals surface area contributed by atoms with Gasteiger partial charge < -0.3 is 5.11 Å². The number of hydrogen-bond donors (Lipinski definition) is 3. The molecule has 0 fully saturated rings. The van der Waals surface area contributed by atoms with E-state index in [1.165, 1.54) is 35.3 Å². The third-order valence-electron chi connectivity index (χ3n) is 2.88. The van der Waals surface area contributed by atoms with Crippen LogP contribution in [0, 0.1) is 0 Å². The molecular weight excluding hydrogens is 210 g/mol. The topological polar surface area (TPSA) is 52.5 Å². The number of anilines is 1. The van der Waals surface area contributed by atoms with Crippen molar-refractivity contribution in [3.8, 4) is 0 Å². The first-order valence-corrected chi connectivity index (χ1v) is 6.13. The molecule has 3 nitrogen and oxygen atoms in total. The van der Waals surface area contributed by atoms with Gasteiger partial charge in [-0.1, -0.05) is 0 Å². The highest BCUT2D eigenvalue weighted by Crippen LogP contribution is 2.42. The summed E-state index contributed by atoms with van der Waals surface area (Å²) in [7, 11) is 0. The van der Waals surface area contributed by atoms with Crippen LogP contribution in [-0.4, -0.2) is 10.3 Å². The lowest BCUT2D eigenvalue weighted by molar-refractivity contribution is 0.0815. The number of nitrogens with one attached hydrogen (secondary N) is 1. The van der Waals surface area contributed by atoms with Crippen LogP contribution < -0.4 is 5.48 Å². The Morgan fingerprint density at radius 3 is 2.33 bits per heavy atom. The molecule has 0 unspecified atom stereocenters. The molecule has 1 aliphatic rings. The second kappa shape index (κ2) is 3.77. The van der Waals surface area contributed by atoms with Crippen molar-refractivity contribution in [3.05, 3.63) is 16.0 Å². The predicted molar refractivity (Wildman–Crippen MR) is 61.6 cm³/mol. The fourth-order valence-electron chi connectivity index (χ4n) is 2.22. The van der Waals surface area contributed by atoms with E-state index >= 15 is 0 Å². The second-order valence-corrected chi connectivity index (χ2v) is 5.62. The van der Waals surface area contributed by atoms with Crippen molar-refractivity contribution in [2.24, 2.45) is 0 Å². The molecule has 1 aromatic rings. The molecule has 0 saturated carbocycles. The van der Waals surface area contributed by atoms with Gasteiger partial charge in [0.25, 0.3) is 0 Å². The maximum atomic E-state index is 10.1. The van der Waals surface area contributed by atoms with Crippen molar-refractivity contribution in [1.29, 1.82) is 0 Å². The van der Waals surface area contributed by atoms with Crippen molar-refractivity contribution in [2.75, 3.05) is 5.48 Å². The maximum absolute atomic E-state index is 10.1. The lowest BCUT2D eigenvalue weighted by Crippen LogP contribution is -2.17. The van der Waals surface area contributed by atoms with Crippen molar-refractivity contribution < 1.29 is 10.3 Å². The van der Waals surface area contributed by atoms with Gasteiger partial charge in [0, 0.05) is 4.88 Å². The fraction of sp³-hybridized carbons (Fsp3) is 0.636. The van der Waals surface area contributed by atoms with Gasteiger partial charge in [0.05, 0.1) is 5.60 Å². The van der Waals surface area contributed by atoms with Crippen LogP contribution in [0.5, 0.6) is 0 Å². The predicted octanol–water partition coefficient (Wildman–Crippen LogP) is 2.66. The van der Waals surface area contributed by atoms with Crippen LogP contribution in [-0.2, 0) is 18.4 Å². The number of thiophene rings is 1. The van der Waals surface area contributed by atoms with Gasteiger partial charge >= 0.3 is 0 Å². The van der Waals surface area contributed by atoms with E-state index in [9.17, 15) is 5.11 Å². The summed E-state index contributed by atoms with van der Waals surface area (Å²) in [5.41, 5.74) is 3.90. The van der Waals surface area contributed by atoms with Crippen molar-refractivity contribution in [1.82, 2.24) is 0 Å². The molecule has 0 aromatic carbocycles. The zero-order valence-corrected chi connectivity index (χ0v) is 9.95. The SMILES string of the molecule is CC(C)(O)c1sc(NO)c2c1CCCC2. The molecule has 0 amide bonds. The molecule has 15 heavy (non-hydrogen) atoms. The Bertz CT molecular complexity index is 365. The molecule has 84 valence electrons. The fourth-order valence-corrected chi connectivity index (χ4v) is 3.41. The average Bonchev–Trinajstić information content (AvgIpc) is 2.55. The second-order valence-electron chi connectivity index (χ2n) is 4.60. The summed E-state index contributed by atoms with van der Waals surface area (Å²) in [5, 5.41) is 19.9. The zero-order chi connectivity index (χ0) is 11.1. The van der Waals surface area contributed by atoms with E-state index in [0.717, 1.165) is 22.7 Å². The van der Waals surface area contributed by atoms with Gasteiger partial charge in [0.15, 0.2) is 0 Å². The summed E-state index contributed by atoms with van der Waals surface area (Å²) in [6, 6.07) is 0. The van der Waals surface area contributed by atoms with Gasteiger partial charge in [-0.05, 0) is 50.7 Å². The van der Waals surface area contributed by atoms with E-state index in [1.807, 2.05) is 0 Å². The highest BCUT2D eigenvalue weighted by molar-refractivity contribution is 7.16. The summed E-state index contributed by atoms with van der Waals surface area (Å²) in [6.45, 7) is 3.60. The average molecular weight is 227 g/mol. The Balaban J connectivity index is 2.52. The minimum atomic E-state index is -0.804. The van der Waals surface area contributed by atoms with Crippen LogP contribution in [0.15, 0.2) is 0 Å². The van der Waals surface area contributed by atoms with Crippen molar-refractivity contribution >= 4 is 16.3 Å². The Labute approximate surface area is 93.7 Å². The maximum Gasteiger partial charge on any atom is 0.117 e. The number of fused-ring (bicyclic) bond motifs is 1. The van der Waals surface area contributed by atoms with Gasteiger partial charge in [0.2, 0.25) is 0 Å². The standard InChI is InChI=1S/C11H17NO2S/c1-11(2,13)9-7-5-3-4-6-8(7)10(12-14)15-9/h12-14H,3-6H2,1-2H3. The lowest BCUT2D eigenvalue weighted by atomic mass is 9.89. The van der Waals surface area contributed by atoms with Gasteiger partial charge in [-0.2, -0.15) is 0 Å². The van der Waals surface area contributed by atoms with Crippen LogP contribution in [0.25, 0.3) is 0 Å². The molecular formula is C11H17NO2S. The Morgan fingerprint density at radius 1 is 1.20 bits per heavy atom. The smallest absolute Gasteiger partial charge is 0.117 e. The van der Waals surface area contributed by atoms with Crippen LogP contribution in [0.3, 0.4) is 0 Å². The van der Waals surface area contributed by atoms with E-state index < -0.39 is 5.60 Å². The van der Waals surface area contributed by atoms with E-state index in [2.05, 4.69) is 5.48 Å². The molecule has 0 aliphatic heterocycles. The summed E-state index contributed by atoms with van der Waals surface area (Å²) >= 11 is 1.47. The van der Waals surface area contributed by atoms with Crippen LogP contribution >= 0.6 is 11.3 Å². The molecule has 4 heteroatoms. The minimum Gasteiger partial charge on any atom is -0.385 e. The van der Waals surface area contributed by atoms with Crippen molar-refractivity contribution in [3.63, 3.8) is 0 Å². The highest BCUT2D eigenvalue weighted by atomic mass is 32.1. The Morgan fingerprint density at radius 2 is 1.80 bits per heavy atom. The summed E-state index contributed by atoms with van der Waals surface area (Å²) < 4.78 is 0. The molecule has 1 heterocycles. The first-order chi connectivity index (χ1) is 7.04. The monoisotopic (exact) mass is 227 g/mol. The third-order valence-corrected chi connectivity index (χ3v) is 4.37. The van der Waals surface area contributed by atoms with Gasteiger partial charge in [0.1, 0.15) is 5.00 Å². The number of hydrogen-bond acceptors (Lipinski definition) is 4. The summed E-state index contributed by atoms with van der Waals surface area (Å²) in [4.78, 5) is 0.994. The number of rotatable bonds is 2. The van der Waals surface area contributed by atoms with Gasteiger partial charge in [-0.25, -0.2) is 0 Å². The van der Waals surface area contributed by atoms with Crippen LogP contribution in [0.4, 0.5) is 5.00 Å². The van der Waals surface area contributed by atoms with Gasteiger partial charge in [-0.15, -0.1) is 11.3 Å². The quantitative estimate of drug-likeness (QED) is 0.681. The molecule has 0 radical (unpaired) electrons. The molecule has 2 rings (SSSR count). The third kappa shape index (κ3) is 1.89. The summed E-state index contributed by atoms with van der Waals surface area (Å²) in [6.07, 6.45) is 4.37. The Hall–Kier alpha value is -0.580. The minimum absolute atomic E-state index is 0.804. The molecule has 3 N–H and O–H groups in total. The first-order valence-electron chi connectivity index (χ1n) is 5.31.